The zero-order valence-electron chi connectivity index (χ0n) is 15.5. The second-order valence-electron chi connectivity index (χ2n) is 7.04. The Morgan fingerprint density at radius 1 is 1.19 bits per heavy atom. The smallest absolute Gasteiger partial charge is 0.309 e. The lowest BCUT2D eigenvalue weighted by Crippen LogP contribution is -2.56. The summed E-state index contributed by atoms with van der Waals surface area (Å²) >= 11 is 0. The number of anilines is 1. The highest BCUT2D eigenvalue weighted by Gasteiger charge is 2.39. The van der Waals surface area contributed by atoms with Crippen LogP contribution in [0.1, 0.15) is 19.8 Å². The molecule has 0 spiro atoms. The number of hydrogen-bond donors (Lipinski definition) is 0. The van der Waals surface area contributed by atoms with Crippen LogP contribution in [-0.4, -0.2) is 74.5 Å². The molecule has 0 aliphatic carbocycles. The number of ether oxygens (including phenoxy) is 1. The lowest BCUT2D eigenvalue weighted by atomic mass is 9.93. The summed E-state index contributed by atoms with van der Waals surface area (Å²) in [6.45, 7) is 4.66. The standard InChI is InChI=1S/C17H23N7O3/c1-3-27-17(26)11-4-6-23(7-5-11)16(25)12-8-24(9-12)15-13-14(18-10-19-15)22(2)21-20-13/h10-12H,3-9H2,1-2H3. The molecule has 1 amide bonds. The zero-order chi connectivity index (χ0) is 19.0. The molecule has 144 valence electrons. The first-order valence-electron chi connectivity index (χ1n) is 9.29. The van der Waals surface area contributed by atoms with E-state index in [0.717, 1.165) is 5.82 Å². The molecule has 10 nitrogen and oxygen atoms in total. The number of aromatic nitrogens is 5. The van der Waals surface area contributed by atoms with Gasteiger partial charge in [0, 0.05) is 33.2 Å². The third-order valence-corrected chi connectivity index (χ3v) is 5.33. The van der Waals surface area contributed by atoms with Crippen LogP contribution in [-0.2, 0) is 21.4 Å². The maximum Gasteiger partial charge on any atom is 0.309 e. The predicted molar refractivity (Wildman–Crippen MR) is 95.7 cm³/mol. The Morgan fingerprint density at radius 3 is 2.63 bits per heavy atom. The minimum absolute atomic E-state index is 0.0502. The molecule has 0 unspecified atom stereocenters. The molecule has 2 aliphatic heterocycles. The average Bonchev–Trinajstić information content (AvgIpc) is 3.03. The largest absolute Gasteiger partial charge is 0.466 e. The summed E-state index contributed by atoms with van der Waals surface area (Å²) in [7, 11) is 1.79. The van der Waals surface area contributed by atoms with E-state index in [-0.39, 0.29) is 23.7 Å². The molecule has 0 aromatic carbocycles. The van der Waals surface area contributed by atoms with Crippen LogP contribution in [0.25, 0.3) is 11.2 Å². The van der Waals surface area contributed by atoms with E-state index >= 15 is 0 Å². The van der Waals surface area contributed by atoms with Crippen LogP contribution in [0.15, 0.2) is 6.33 Å². The van der Waals surface area contributed by atoms with Crippen LogP contribution < -0.4 is 4.90 Å². The van der Waals surface area contributed by atoms with Gasteiger partial charge in [-0.25, -0.2) is 14.6 Å². The van der Waals surface area contributed by atoms with Gasteiger partial charge in [-0.15, -0.1) is 5.10 Å². The molecule has 0 atom stereocenters. The summed E-state index contributed by atoms with van der Waals surface area (Å²) in [5.74, 6) is 0.594. The molecule has 2 fully saturated rings. The minimum Gasteiger partial charge on any atom is -0.466 e. The average molecular weight is 373 g/mol. The first-order chi connectivity index (χ1) is 13.1. The number of carbonyl (C=O) groups excluding carboxylic acids is 2. The fraction of sp³-hybridized carbons (Fsp3) is 0.647. The van der Waals surface area contributed by atoms with E-state index in [4.69, 9.17) is 4.74 Å². The molecule has 10 heteroatoms. The molecule has 0 saturated carbocycles. The second kappa shape index (κ2) is 7.09. The van der Waals surface area contributed by atoms with Crippen molar-refractivity contribution in [2.45, 2.75) is 19.8 Å². The normalized spacial score (nSPS) is 18.6. The van der Waals surface area contributed by atoms with Crippen molar-refractivity contribution < 1.29 is 14.3 Å². The lowest BCUT2D eigenvalue weighted by molar-refractivity contribution is -0.152. The maximum atomic E-state index is 12.7. The maximum absolute atomic E-state index is 12.7. The van der Waals surface area contributed by atoms with Crippen LogP contribution in [0, 0.1) is 11.8 Å². The van der Waals surface area contributed by atoms with E-state index in [1.807, 2.05) is 16.7 Å². The highest BCUT2D eigenvalue weighted by atomic mass is 16.5. The van der Waals surface area contributed by atoms with Crippen LogP contribution >= 0.6 is 0 Å². The number of aryl methyl sites for hydroxylation is 1. The van der Waals surface area contributed by atoms with Crippen molar-refractivity contribution in [3.63, 3.8) is 0 Å². The van der Waals surface area contributed by atoms with Gasteiger partial charge in [0.05, 0.1) is 18.4 Å². The highest BCUT2D eigenvalue weighted by molar-refractivity contribution is 5.86. The van der Waals surface area contributed by atoms with Crippen molar-refractivity contribution in [1.82, 2.24) is 29.9 Å². The van der Waals surface area contributed by atoms with Gasteiger partial charge in [-0.3, -0.25) is 9.59 Å². The van der Waals surface area contributed by atoms with Crippen molar-refractivity contribution in [2.24, 2.45) is 18.9 Å². The molecule has 2 aliphatic rings. The Morgan fingerprint density at radius 2 is 1.93 bits per heavy atom. The molecule has 0 radical (unpaired) electrons. The van der Waals surface area contributed by atoms with Gasteiger partial charge in [0.15, 0.2) is 17.0 Å². The molecule has 4 heterocycles. The van der Waals surface area contributed by atoms with Gasteiger partial charge in [0.25, 0.3) is 0 Å². The summed E-state index contributed by atoms with van der Waals surface area (Å²) in [4.78, 5) is 37.0. The van der Waals surface area contributed by atoms with Crippen molar-refractivity contribution >= 4 is 28.9 Å². The van der Waals surface area contributed by atoms with Crippen LogP contribution in [0.5, 0.6) is 0 Å². The van der Waals surface area contributed by atoms with Crippen LogP contribution in [0.4, 0.5) is 5.82 Å². The van der Waals surface area contributed by atoms with Crippen molar-refractivity contribution in [3.05, 3.63) is 6.33 Å². The molecule has 4 rings (SSSR count). The number of hydrogen-bond acceptors (Lipinski definition) is 8. The molecular formula is C17H23N7O3. The molecule has 27 heavy (non-hydrogen) atoms. The number of nitrogens with zero attached hydrogens (tertiary/aromatic N) is 7. The summed E-state index contributed by atoms with van der Waals surface area (Å²) in [5, 5.41) is 8.11. The zero-order valence-corrected chi connectivity index (χ0v) is 15.5. The second-order valence-corrected chi connectivity index (χ2v) is 7.04. The Hall–Kier alpha value is -2.78. The molecule has 0 N–H and O–H groups in total. The van der Waals surface area contributed by atoms with E-state index in [1.165, 1.54) is 6.33 Å². The Bertz CT molecular complexity index is 853. The first kappa shape index (κ1) is 17.6. The number of esters is 1. The van der Waals surface area contributed by atoms with Gasteiger partial charge in [-0.2, -0.15) is 0 Å². The molecular weight excluding hydrogens is 350 g/mol. The number of fused-ring (bicyclic) bond motifs is 1. The molecule has 2 aromatic rings. The summed E-state index contributed by atoms with van der Waals surface area (Å²) in [6.07, 6.45) is 2.84. The predicted octanol–water partition coefficient (Wildman–Crippen LogP) is -0.00380. The number of rotatable bonds is 4. The highest BCUT2D eigenvalue weighted by Crippen LogP contribution is 2.29. The number of carbonyl (C=O) groups is 2. The molecule has 2 aromatic heterocycles. The monoisotopic (exact) mass is 373 g/mol. The molecule has 0 bridgehead atoms. The lowest BCUT2D eigenvalue weighted by Gasteiger charge is -2.42. The Labute approximate surface area is 156 Å². The van der Waals surface area contributed by atoms with Gasteiger partial charge < -0.3 is 14.5 Å². The van der Waals surface area contributed by atoms with Crippen molar-refractivity contribution in [3.8, 4) is 0 Å². The summed E-state index contributed by atoms with van der Waals surface area (Å²) < 4.78 is 6.69. The van der Waals surface area contributed by atoms with Crippen molar-refractivity contribution in [2.75, 3.05) is 37.7 Å². The van der Waals surface area contributed by atoms with Crippen molar-refractivity contribution in [1.29, 1.82) is 0 Å². The van der Waals surface area contributed by atoms with E-state index in [1.54, 1.807) is 11.7 Å². The summed E-state index contributed by atoms with van der Waals surface area (Å²) in [5.41, 5.74) is 1.33. The van der Waals surface area contributed by atoms with Gasteiger partial charge in [0.2, 0.25) is 5.91 Å². The minimum atomic E-state index is -0.142. The van der Waals surface area contributed by atoms with Gasteiger partial charge in [0.1, 0.15) is 6.33 Å². The first-order valence-corrected chi connectivity index (χ1v) is 9.29. The topological polar surface area (TPSA) is 106 Å². The van der Waals surface area contributed by atoms with Crippen LogP contribution in [0.3, 0.4) is 0 Å². The van der Waals surface area contributed by atoms with Crippen LogP contribution in [0.2, 0.25) is 0 Å². The Balaban J connectivity index is 1.33. The van der Waals surface area contributed by atoms with Gasteiger partial charge in [-0.1, -0.05) is 5.21 Å². The van der Waals surface area contributed by atoms with E-state index in [0.29, 0.717) is 56.8 Å². The number of piperidine rings is 1. The van der Waals surface area contributed by atoms with E-state index in [9.17, 15) is 9.59 Å². The number of amides is 1. The van der Waals surface area contributed by atoms with E-state index in [2.05, 4.69) is 20.3 Å². The summed E-state index contributed by atoms with van der Waals surface area (Å²) in [6, 6.07) is 0. The molecule has 2 saturated heterocycles. The Kier molecular flexibility index (Phi) is 4.63. The quantitative estimate of drug-likeness (QED) is 0.689. The number of likely N-dealkylation sites (tertiary alicyclic amines) is 1. The van der Waals surface area contributed by atoms with E-state index < -0.39 is 0 Å². The third-order valence-electron chi connectivity index (χ3n) is 5.33. The fourth-order valence-electron chi connectivity index (χ4n) is 3.73. The SMILES string of the molecule is CCOC(=O)C1CCN(C(=O)C2CN(c3ncnc4c3nnn4C)C2)CC1. The third kappa shape index (κ3) is 3.19. The van der Waals surface area contributed by atoms with Gasteiger partial charge >= 0.3 is 5.97 Å². The van der Waals surface area contributed by atoms with Gasteiger partial charge in [-0.05, 0) is 19.8 Å². The fourth-order valence-corrected chi connectivity index (χ4v) is 3.73.